The number of nitrogens with one attached hydrogen (secondary N) is 1. The molecule has 0 fully saturated rings. The van der Waals surface area contributed by atoms with Crippen molar-refractivity contribution < 1.29 is 9.18 Å². The Hall–Kier alpha value is -2.23. The first-order valence-corrected chi connectivity index (χ1v) is 6.10. The number of benzene rings is 1. The van der Waals surface area contributed by atoms with Gasteiger partial charge in [0.15, 0.2) is 0 Å². The van der Waals surface area contributed by atoms with Crippen molar-refractivity contribution in [1.82, 2.24) is 10.3 Å². The van der Waals surface area contributed by atoms with Crippen LogP contribution in [0.5, 0.6) is 0 Å². The van der Waals surface area contributed by atoms with Crippen molar-refractivity contribution in [3.05, 3.63) is 65.2 Å². The average Bonchev–Trinajstić information content (AvgIpc) is 2.39. The van der Waals surface area contributed by atoms with Crippen molar-refractivity contribution >= 4 is 5.91 Å². The van der Waals surface area contributed by atoms with E-state index < -0.39 is 5.95 Å². The number of hydrogen-bond donors (Lipinski definition) is 1. The lowest BCUT2D eigenvalue weighted by Crippen LogP contribution is -2.25. The Labute approximate surface area is 111 Å². The van der Waals surface area contributed by atoms with Gasteiger partial charge in [0.2, 0.25) is 5.95 Å². The summed E-state index contributed by atoms with van der Waals surface area (Å²) in [6.45, 7) is 2.58. The molecule has 2 rings (SSSR count). The fourth-order valence-electron chi connectivity index (χ4n) is 1.80. The smallest absolute Gasteiger partial charge is 0.252 e. The van der Waals surface area contributed by atoms with E-state index in [9.17, 15) is 9.18 Å². The maximum Gasteiger partial charge on any atom is 0.252 e. The van der Waals surface area contributed by atoms with E-state index in [0.717, 1.165) is 6.42 Å². The summed E-state index contributed by atoms with van der Waals surface area (Å²) in [6, 6.07) is 10.7. The molecule has 0 atom stereocenters. The molecule has 0 bridgehead atoms. The highest BCUT2D eigenvalue weighted by Gasteiger charge is 2.05. The lowest BCUT2D eigenvalue weighted by molar-refractivity contribution is 0.0953. The molecule has 0 saturated heterocycles. The van der Waals surface area contributed by atoms with Crippen LogP contribution in [0.25, 0.3) is 0 Å². The number of hydrogen-bond acceptors (Lipinski definition) is 2. The van der Waals surface area contributed by atoms with Crippen molar-refractivity contribution in [3.63, 3.8) is 0 Å². The van der Waals surface area contributed by atoms with Gasteiger partial charge in [-0.2, -0.15) is 4.39 Å². The third kappa shape index (κ3) is 3.88. The minimum atomic E-state index is -0.587. The van der Waals surface area contributed by atoms with E-state index >= 15 is 0 Å². The van der Waals surface area contributed by atoms with E-state index in [4.69, 9.17) is 0 Å². The van der Waals surface area contributed by atoms with Gasteiger partial charge in [-0.1, -0.05) is 29.8 Å². The summed E-state index contributed by atoms with van der Waals surface area (Å²) in [5, 5.41) is 2.78. The summed E-state index contributed by atoms with van der Waals surface area (Å²) in [5.74, 6) is -0.823. The van der Waals surface area contributed by atoms with Crippen LogP contribution in [-0.2, 0) is 6.42 Å². The Morgan fingerprint density at radius 3 is 2.84 bits per heavy atom. The Kier molecular flexibility index (Phi) is 4.23. The minimum Gasteiger partial charge on any atom is -0.352 e. The molecular formula is C15H15FN2O. The number of pyridine rings is 1. The third-order valence-corrected chi connectivity index (χ3v) is 2.77. The molecule has 0 spiro atoms. The molecular weight excluding hydrogens is 243 g/mol. The van der Waals surface area contributed by atoms with Crippen LogP contribution in [0.2, 0.25) is 0 Å². The highest BCUT2D eigenvalue weighted by atomic mass is 19.1. The number of rotatable bonds is 4. The Morgan fingerprint density at radius 2 is 2.16 bits per heavy atom. The van der Waals surface area contributed by atoms with Crippen LogP contribution >= 0.6 is 0 Å². The summed E-state index contributed by atoms with van der Waals surface area (Å²) >= 11 is 0. The monoisotopic (exact) mass is 258 g/mol. The quantitative estimate of drug-likeness (QED) is 0.856. The molecule has 0 aliphatic heterocycles. The van der Waals surface area contributed by atoms with Gasteiger partial charge in [-0.25, -0.2) is 4.98 Å². The van der Waals surface area contributed by atoms with Crippen LogP contribution in [0.4, 0.5) is 4.39 Å². The first-order valence-electron chi connectivity index (χ1n) is 6.10. The maximum absolute atomic E-state index is 12.6. The Morgan fingerprint density at radius 1 is 1.32 bits per heavy atom. The molecule has 0 unspecified atom stereocenters. The zero-order chi connectivity index (χ0) is 13.7. The predicted molar refractivity (Wildman–Crippen MR) is 71.4 cm³/mol. The topological polar surface area (TPSA) is 42.0 Å². The molecule has 2 aromatic rings. The molecule has 4 heteroatoms. The summed E-state index contributed by atoms with van der Waals surface area (Å²) < 4.78 is 12.6. The number of carbonyl (C=O) groups is 1. The molecule has 98 valence electrons. The lowest BCUT2D eigenvalue weighted by Gasteiger charge is -2.05. The van der Waals surface area contributed by atoms with Crippen molar-refractivity contribution in [1.29, 1.82) is 0 Å². The average molecular weight is 258 g/mol. The lowest BCUT2D eigenvalue weighted by atomic mass is 10.1. The van der Waals surface area contributed by atoms with Crippen molar-refractivity contribution in [2.24, 2.45) is 0 Å². The number of nitrogens with zero attached hydrogens (tertiary/aromatic N) is 1. The van der Waals surface area contributed by atoms with Crippen LogP contribution in [-0.4, -0.2) is 17.4 Å². The minimum absolute atomic E-state index is 0.236. The molecule has 0 saturated carbocycles. The second kappa shape index (κ2) is 6.09. The molecule has 1 heterocycles. The van der Waals surface area contributed by atoms with Gasteiger partial charge < -0.3 is 5.32 Å². The third-order valence-electron chi connectivity index (χ3n) is 2.77. The molecule has 3 nitrogen and oxygen atoms in total. The van der Waals surface area contributed by atoms with Gasteiger partial charge >= 0.3 is 0 Å². The van der Waals surface area contributed by atoms with Crippen LogP contribution in [0.3, 0.4) is 0 Å². The predicted octanol–water partition coefficient (Wildman–Crippen LogP) is 2.50. The van der Waals surface area contributed by atoms with Gasteiger partial charge in [-0.15, -0.1) is 0 Å². The standard InChI is InChI=1S/C15H15FN2O/c1-11-3-2-4-12(9-11)7-8-17-15(19)13-5-6-14(16)18-10-13/h2-6,9-10H,7-8H2,1H3,(H,17,19). The molecule has 0 radical (unpaired) electrons. The number of aromatic nitrogens is 1. The second-order valence-electron chi connectivity index (χ2n) is 4.36. The Balaban J connectivity index is 1.86. The summed E-state index contributed by atoms with van der Waals surface area (Å²) in [7, 11) is 0. The molecule has 0 aliphatic rings. The fraction of sp³-hybridized carbons (Fsp3) is 0.200. The molecule has 1 N–H and O–H groups in total. The zero-order valence-corrected chi connectivity index (χ0v) is 10.7. The van der Waals surface area contributed by atoms with Crippen LogP contribution < -0.4 is 5.32 Å². The second-order valence-corrected chi connectivity index (χ2v) is 4.36. The molecule has 1 aromatic heterocycles. The fourth-order valence-corrected chi connectivity index (χ4v) is 1.80. The van der Waals surface area contributed by atoms with E-state index in [0.29, 0.717) is 12.1 Å². The van der Waals surface area contributed by atoms with Crippen molar-refractivity contribution in [2.75, 3.05) is 6.54 Å². The first kappa shape index (κ1) is 13.2. The van der Waals surface area contributed by atoms with Gasteiger partial charge in [0.1, 0.15) is 0 Å². The Bertz CT molecular complexity index is 567. The maximum atomic E-state index is 12.6. The normalized spacial score (nSPS) is 10.2. The number of amides is 1. The van der Waals surface area contributed by atoms with Crippen LogP contribution in [0, 0.1) is 12.9 Å². The van der Waals surface area contributed by atoms with Gasteiger partial charge in [0, 0.05) is 12.7 Å². The summed E-state index contributed by atoms with van der Waals surface area (Å²) in [5.41, 5.74) is 2.75. The van der Waals surface area contributed by atoms with Gasteiger partial charge in [0.25, 0.3) is 5.91 Å². The van der Waals surface area contributed by atoms with E-state index in [1.54, 1.807) is 0 Å². The van der Waals surface area contributed by atoms with E-state index in [1.165, 1.54) is 29.5 Å². The van der Waals surface area contributed by atoms with Crippen molar-refractivity contribution in [2.45, 2.75) is 13.3 Å². The molecule has 1 amide bonds. The van der Waals surface area contributed by atoms with E-state index in [2.05, 4.69) is 16.4 Å². The van der Waals surface area contributed by atoms with E-state index in [-0.39, 0.29) is 5.91 Å². The highest BCUT2D eigenvalue weighted by Crippen LogP contribution is 2.04. The van der Waals surface area contributed by atoms with E-state index in [1.807, 2.05) is 25.1 Å². The van der Waals surface area contributed by atoms with Crippen molar-refractivity contribution in [3.8, 4) is 0 Å². The number of halogens is 1. The van der Waals surface area contributed by atoms with Gasteiger partial charge in [-0.05, 0) is 31.0 Å². The SMILES string of the molecule is Cc1cccc(CCNC(=O)c2ccc(F)nc2)c1. The largest absolute Gasteiger partial charge is 0.352 e. The summed E-state index contributed by atoms with van der Waals surface area (Å²) in [4.78, 5) is 15.2. The van der Waals surface area contributed by atoms with Crippen LogP contribution in [0.1, 0.15) is 21.5 Å². The van der Waals surface area contributed by atoms with Crippen LogP contribution in [0.15, 0.2) is 42.6 Å². The number of carbonyl (C=O) groups excluding carboxylic acids is 1. The van der Waals surface area contributed by atoms with Gasteiger partial charge in [-0.3, -0.25) is 4.79 Å². The molecule has 0 aliphatic carbocycles. The first-order chi connectivity index (χ1) is 9.15. The highest BCUT2D eigenvalue weighted by molar-refractivity contribution is 5.93. The summed E-state index contributed by atoms with van der Waals surface area (Å²) in [6.07, 6.45) is 2.00. The number of aryl methyl sites for hydroxylation is 1. The van der Waals surface area contributed by atoms with Gasteiger partial charge in [0.05, 0.1) is 5.56 Å². The molecule has 1 aromatic carbocycles. The zero-order valence-electron chi connectivity index (χ0n) is 10.7. The molecule has 19 heavy (non-hydrogen) atoms.